The monoisotopic (exact) mass is 351 g/mol. The highest BCUT2D eigenvalue weighted by molar-refractivity contribution is 5.89. The van der Waals surface area contributed by atoms with Crippen LogP contribution in [0.4, 0.5) is 0 Å². The van der Waals surface area contributed by atoms with Gasteiger partial charge in [-0.2, -0.15) is 0 Å². The van der Waals surface area contributed by atoms with E-state index in [1.165, 1.54) is 10.8 Å². The molecular formula is C20H21N3O3. The predicted octanol–water partition coefficient (Wildman–Crippen LogP) is 3.50. The summed E-state index contributed by atoms with van der Waals surface area (Å²) in [6.45, 7) is 5.87. The van der Waals surface area contributed by atoms with E-state index in [2.05, 4.69) is 9.97 Å². The number of nitrogens with zero attached hydrogens (tertiary/aromatic N) is 3. The normalized spacial score (nSPS) is 9.81. The number of aromatic nitrogens is 3. The number of carbonyl (C=O) groups excluding carboxylic acids is 1. The molecule has 0 aliphatic heterocycles. The molecule has 3 aromatic rings. The lowest BCUT2D eigenvalue weighted by atomic mass is 10.2. The van der Waals surface area contributed by atoms with Crippen LogP contribution in [0, 0.1) is 0 Å². The summed E-state index contributed by atoms with van der Waals surface area (Å²) in [7, 11) is 0. The van der Waals surface area contributed by atoms with Gasteiger partial charge in [0.05, 0.1) is 12.3 Å². The van der Waals surface area contributed by atoms with Gasteiger partial charge < -0.3 is 4.74 Å². The molecule has 0 radical (unpaired) electrons. The second-order valence-electron chi connectivity index (χ2n) is 4.93. The Morgan fingerprint density at radius 3 is 2.42 bits per heavy atom. The van der Waals surface area contributed by atoms with Crippen LogP contribution in [-0.4, -0.2) is 27.1 Å². The number of carbonyl (C=O) groups is 1. The second kappa shape index (κ2) is 9.27. The highest BCUT2D eigenvalue weighted by atomic mass is 16.5. The summed E-state index contributed by atoms with van der Waals surface area (Å²) in [4.78, 5) is 33.3. The van der Waals surface area contributed by atoms with E-state index < -0.39 is 11.5 Å². The molecule has 0 N–H and O–H groups in total. The number of para-hydroxylation sites is 1. The molecule has 0 fully saturated rings. The Morgan fingerprint density at radius 2 is 1.81 bits per heavy atom. The third kappa shape index (κ3) is 4.03. The molecule has 0 bridgehead atoms. The van der Waals surface area contributed by atoms with E-state index in [0.29, 0.717) is 17.1 Å². The van der Waals surface area contributed by atoms with Crippen LogP contribution in [0.25, 0.3) is 17.1 Å². The van der Waals surface area contributed by atoms with Crippen molar-refractivity contribution >= 4 is 5.97 Å². The van der Waals surface area contributed by atoms with Gasteiger partial charge in [-0.15, -0.1) is 0 Å². The van der Waals surface area contributed by atoms with E-state index >= 15 is 0 Å². The molecule has 6 nitrogen and oxygen atoms in total. The summed E-state index contributed by atoms with van der Waals surface area (Å²) in [6.07, 6.45) is 4.51. The van der Waals surface area contributed by atoms with Crippen molar-refractivity contribution in [3.8, 4) is 17.1 Å². The molecule has 0 atom stereocenters. The molecule has 26 heavy (non-hydrogen) atoms. The SMILES string of the molecule is CC.CCOC(=O)c1cnc(-c2cccnc2)n(-c2ccccc2)c1=O. The summed E-state index contributed by atoms with van der Waals surface area (Å²) < 4.78 is 6.33. The highest BCUT2D eigenvalue weighted by Crippen LogP contribution is 2.18. The minimum atomic E-state index is -0.683. The first-order valence-electron chi connectivity index (χ1n) is 8.47. The van der Waals surface area contributed by atoms with E-state index in [1.807, 2.05) is 32.0 Å². The van der Waals surface area contributed by atoms with Gasteiger partial charge >= 0.3 is 5.97 Å². The zero-order valence-corrected chi connectivity index (χ0v) is 15.0. The maximum Gasteiger partial charge on any atom is 0.345 e. The number of pyridine rings is 1. The standard InChI is InChI=1S/C18H15N3O3.C2H6/c1-2-24-18(23)15-12-20-16(13-7-6-10-19-11-13)21(17(15)22)14-8-4-3-5-9-14;1-2/h3-12H,2H2,1H3;1-2H3. The largest absolute Gasteiger partial charge is 0.462 e. The van der Waals surface area contributed by atoms with Gasteiger partial charge in [-0.1, -0.05) is 32.0 Å². The van der Waals surface area contributed by atoms with Crippen molar-refractivity contribution in [3.05, 3.63) is 77.0 Å². The first-order valence-corrected chi connectivity index (χ1v) is 8.47. The molecule has 1 aromatic carbocycles. The molecule has 2 heterocycles. The number of ether oxygens (including phenoxy) is 1. The Labute approximate surface area is 152 Å². The maximum atomic E-state index is 12.9. The molecule has 0 aliphatic rings. The van der Waals surface area contributed by atoms with E-state index in [1.54, 1.807) is 43.6 Å². The number of hydrogen-bond acceptors (Lipinski definition) is 5. The molecule has 134 valence electrons. The lowest BCUT2D eigenvalue weighted by molar-refractivity contribution is 0.0523. The van der Waals surface area contributed by atoms with E-state index in [0.717, 1.165) is 0 Å². The van der Waals surface area contributed by atoms with Crippen molar-refractivity contribution in [1.29, 1.82) is 0 Å². The van der Waals surface area contributed by atoms with Gasteiger partial charge in [0.15, 0.2) is 0 Å². The van der Waals surface area contributed by atoms with Gasteiger partial charge in [0.2, 0.25) is 0 Å². The number of hydrogen-bond donors (Lipinski definition) is 0. The number of rotatable bonds is 4. The van der Waals surface area contributed by atoms with Crippen LogP contribution in [-0.2, 0) is 4.74 Å². The average molecular weight is 351 g/mol. The molecule has 0 saturated carbocycles. The third-order valence-electron chi connectivity index (χ3n) is 3.39. The van der Waals surface area contributed by atoms with Crippen molar-refractivity contribution in [2.75, 3.05) is 6.61 Å². The zero-order valence-electron chi connectivity index (χ0n) is 15.0. The van der Waals surface area contributed by atoms with Crippen LogP contribution in [0.2, 0.25) is 0 Å². The van der Waals surface area contributed by atoms with Crippen molar-refractivity contribution < 1.29 is 9.53 Å². The fourth-order valence-electron chi connectivity index (χ4n) is 2.32. The Balaban J connectivity index is 0.00000117. The molecule has 6 heteroatoms. The fourth-order valence-corrected chi connectivity index (χ4v) is 2.32. The lowest BCUT2D eigenvalue weighted by Gasteiger charge is -2.13. The zero-order chi connectivity index (χ0) is 18.9. The van der Waals surface area contributed by atoms with Crippen molar-refractivity contribution in [3.63, 3.8) is 0 Å². The molecule has 0 aliphatic carbocycles. The molecule has 2 aromatic heterocycles. The first kappa shape index (κ1) is 19.1. The second-order valence-corrected chi connectivity index (χ2v) is 4.93. The quantitative estimate of drug-likeness (QED) is 0.673. The minimum absolute atomic E-state index is 0.103. The summed E-state index contributed by atoms with van der Waals surface area (Å²) in [5, 5.41) is 0. The summed E-state index contributed by atoms with van der Waals surface area (Å²) >= 11 is 0. The van der Waals surface area contributed by atoms with Crippen LogP contribution < -0.4 is 5.56 Å². The summed E-state index contributed by atoms with van der Waals surface area (Å²) in [5.41, 5.74) is 0.704. The number of benzene rings is 1. The number of esters is 1. The Bertz CT molecular complexity index is 907. The average Bonchev–Trinajstić information content (AvgIpc) is 2.70. The molecule has 0 unspecified atom stereocenters. The fraction of sp³-hybridized carbons (Fsp3) is 0.200. The minimum Gasteiger partial charge on any atom is -0.462 e. The Kier molecular flexibility index (Phi) is 6.79. The van der Waals surface area contributed by atoms with Crippen LogP contribution in [0.15, 0.2) is 65.8 Å². The molecule has 3 rings (SSSR count). The van der Waals surface area contributed by atoms with E-state index in [4.69, 9.17) is 4.74 Å². The summed E-state index contributed by atoms with van der Waals surface area (Å²) in [5.74, 6) is -0.273. The first-order chi connectivity index (χ1) is 12.7. The van der Waals surface area contributed by atoms with Gasteiger partial charge in [-0.3, -0.25) is 14.3 Å². The van der Waals surface area contributed by atoms with E-state index in [9.17, 15) is 9.59 Å². The van der Waals surface area contributed by atoms with Gasteiger partial charge in [-0.05, 0) is 31.2 Å². The van der Waals surface area contributed by atoms with Crippen molar-refractivity contribution in [1.82, 2.24) is 14.5 Å². The van der Waals surface area contributed by atoms with Crippen LogP contribution in [0.1, 0.15) is 31.1 Å². The topological polar surface area (TPSA) is 74.1 Å². The highest BCUT2D eigenvalue weighted by Gasteiger charge is 2.19. The van der Waals surface area contributed by atoms with Crippen molar-refractivity contribution in [2.24, 2.45) is 0 Å². The van der Waals surface area contributed by atoms with Crippen LogP contribution >= 0.6 is 0 Å². The van der Waals surface area contributed by atoms with Gasteiger partial charge in [0.25, 0.3) is 5.56 Å². The molecular weight excluding hydrogens is 330 g/mol. The summed E-state index contributed by atoms with van der Waals surface area (Å²) in [6, 6.07) is 12.6. The molecule has 0 saturated heterocycles. The maximum absolute atomic E-state index is 12.9. The van der Waals surface area contributed by atoms with Gasteiger partial charge in [-0.25, -0.2) is 9.78 Å². The van der Waals surface area contributed by atoms with Gasteiger partial charge in [0.1, 0.15) is 11.4 Å². The Morgan fingerprint density at radius 1 is 1.08 bits per heavy atom. The van der Waals surface area contributed by atoms with Crippen LogP contribution in [0.5, 0.6) is 0 Å². The van der Waals surface area contributed by atoms with Crippen LogP contribution in [0.3, 0.4) is 0 Å². The van der Waals surface area contributed by atoms with Gasteiger partial charge in [0, 0.05) is 24.2 Å². The molecule has 0 spiro atoms. The predicted molar refractivity (Wildman–Crippen MR) is 100 cm³/mol. The van der Waals surface area contributed by atoms with Crippen molar-refractivity contribution in [2.45, 2.75) is 20.8 Å². The van der Waals surface area contributed by atoms with E-state index in [-0.39, 0.29) is 12.2 Å². The third-order valence-corrected chi connectivity index (χ3v) is 3.39. The Hall–Kier alpha value is -3.28. The molecule has 0 amide bonds. The lowest BCUT2D eigenvalue weighted by Crippen LogP contribution is -2.28. The smallest absolute Gasteiger partial charge is 0.345 e.